The summed E-state index contributed by atoms with van der Waals surface area (Å²) in [5, 5.41) is 3.78. The molecule has 0 amide bonds. The highest BCUT2D eigenvalue weighted by Gasteiger charge is 2.46. The van der Waals surface area contributed by atoms with Gasteiger partial charge < -0.3 is 5.32 Å². The molecule has 5 aromatic rings. The number of anilines is 2. The van der Waals surface area contributed by atoms with E-state index in [0.29, 0.717) is 0 Å². The first-order valence-electron chi connectivity index (χ1n) is 12.8. The Morgan fingerprint density at radius 3 is 2.06 bits per heavy atom. The van der Waals surface area contributed by atoms with E-state index >= 15 is 0 Å². The van der Waals surface area contributed by atoms with Crippen molar-refractivity contribution in [1.82, 2.24) is 0 Å². The predicted molar refractivity (Wildman–Crippen MR) is 151 cm³/mol. The Balaban J connectivity index is 1.47. The molecule has 0 saturated carbocycles. The fraction of sp³-hybridized carbons (Fsp3) is 0.0857. The summed E-state index contributed by atoms with van der Waals surface area (Å²) in [4.78, 5) is 0. The summed E-state index contributed by atoms with van der Waals surface area (Å²) < 4.78 is 0. The fourth-order valence-electron chi connectivity index (χ4n) is 6.25. The van der Waals surface area contributed by atoms with Gasteiger partial charge >= 0.3 is 0 Å². The van der Waals surface area contributed by atoms with Gasteiger partial charge in [0.2, 0.25) is 0 Å². The second-order valence-electron chi connectivity index (χ2n) is 9.73. The van der Waals surface area contributed by atoms with Gasteiger partial charge in [-0.1, -0.05) is 115 Å². The van der Waals surface area contributed by atoms with Crippen molar-refractivity contribution in [3.05, 3.63) is 161 Å². The topological polar surface area (TPSA) is 12.0 Å². The van der Waals surface area contributed by atoms with Gasteiger partial charge in [0.1, 0.15) is 0 Å². The molecule has 0 aliphatic heterocycles. The van der Waals surface area contributed by atoms with Crippen LogP contribution in [0, 0.1) is 0 Å². The van der Waals surface area contributed by atoms with E-state index in [4.69, 9.17) is 0 Å². The minimum Gasteiger partial charge on any atom is -0.355 e. The molecular weight excluding hydrogens is 434 g/mol. The van der Waals surface area contributed by atoms with Crippen molar-refractivity contribution < 1.29 is 0 Å². The van der Waals surface area contributed by atoms with Gasteiger partial charge in [-0.05, 0) is 70.0 Å². The first-order chi connectivity index (χ1) is 17.9. The van der Waals surface area contributed by atoms with Gasteiger partial charge in [0, 0.05) is 16.9 Å². The largest absolute Gasteiger partial charge is 0.355 e. The molecule has 0 aromatic heterocycles. The number of allylic oxidation sites excluding steroid dienone is 1. The third-order valence-electron chi connectivity index (χ3n) is 7.80. The first-order valence-corrected chi connectivity index (χ1v) is 12.8. The smallest absolute Gasteiger partial charge is 0.0714 e. The first kappa shape index (κ1) is 21.0. The van der Waals surface area contributed by atoms with E-state index in [1.165, 1.54) is 50.2 Å². The van der Waals surface area contributed by atoms with Crippen LogP contribution in [0.15, 0.2) is 127 Å². The summed E-state index contributed by atoms with van der Waals surface area (Å²) >= 11 is 0. The van der Waals surface area contributed by atoms with E-state index < -0.39 is 0 Å². The minimum absolute atomic E-state index is 0.373. The molecule has 0 saturated heterocycles. The van der Waals surface area contributed by atoms with E-state index in [9.17, 15) is 0 Å². The summed E-state index contributed by atoms with van der Waals surface area (Å²) in [6.45, 7) is 0. The molecule has 0 radical (unpaired) electrons. The highest BCUT2D eigenvalue weighted by molar-refractivity contribution is 5.88. The molecule has 0 spiro atoms. The maximum atomic E-state index is 3.78. The zero-order valence-electron chi connectivity index (χ0n) is 20.1. The van der Waals surface area contributed by atoms with Crippen LogP contribution in [0.1, 0.15) is 39.8 Å². The summed E-state index contributed by atoms with van der Waals surface area (Å²) in [5.41, 5.74) is 12.5. The van der Waals surface area contributed by atoms with Crippen molar-refractivity contribution in [1.29, 1.82) is 0 Å². The lowest BCUT2D eigenvalue weighted by Crippen LogP contribution is -2.28. The predicted octanol–water partition coefficient (Wildman–Crippen LogP) is 8.75. The van der Waals surface area contributed by atoms with E-state index in [1.54, 1.807) is 0 Å². The molecule has 2 aliphatic carbocycles. The maximum Gasteiger partial charge on any atom is 0.0714 e. The lowest BCUT2D eigenvalue weighted by molar-refractivity contribution is 0.769. The van der Waals surface area contributed by atoms with E-state index in [2.05, 4.69) is 139 Å². The molecule has 172 valence electrons. The Bertz CT molecular complexity index is 1560. The highest BCUT2D eigenvalue weighted by Crippen LogP contribution is 2.56. The van der Waals surface area contributed by atoms with Crippen LogP contribution >= 0.6 is 0 Å². The third-order valence-corrected chi connectivity index (χ3v) is 7.80. The number of nitrogens with one attached hydrogen (secondary N) is 1. The lowest BCUT2D eigenvalue weighted by Gasteiger charge is -2.34. The van der Waals surface area contributed by atoms with Crippen LogP contribution < -0.4 is 5.32 Å². The van der Waals surface area contributed by atoms with Gasteiger partial charge in [-0.2, -0.15) is 0 Å². The van der Waals surface area contributed by atoms with Crippen LogP contribution in [0.2, 0.25) is 0 Å². The second-order valence-corrected chi connectivity index (χ2v) is 9.73. The van der Waals surface area contributed by atoms with E-state index in [-0.39, 0.29) is 5.41 Å². The van der Waals surface area contributed by atoms with Crippen LogP contribution in [0.4, 0.5) is 11.4 Å². The molecule has 1 N–H and O–H groups in total. The molecule has 7 rings (SSSR count). The summed E-state index contributed by atoms with van der Waals surface area (Å²) in [7, 11) is 0. The van der Waals surface area contributed by atoms with Gasteiger partial charge in [0.15, 0.2) is 0 Å². The summed E-state index contributed by atoms with van der Waals surface area (Å²) in [6, 6.07) is 44.4. The molecule has 0 unspecified atom stereocenters. The highest BCUT2D eigenvalue weighted by atomic mass is 14.9. The third kappa shape index (κ3) is 3.09. The quantitative estimate of drug-likeness (QED) is 0.277. The molecule has 2 aliphatic rings. The van der Waals surface area contributed by atoms with Gasteiger partial charge in [-0.25, -0.2) is 0 Å². The Labute approximate surface area is 212 Å². The summed E-state index contributed by atoms with van der Waals surface area (Å²) in [6.07, 6.45) is 6.77. The molecular formula is C35H27N. The van der Waals surface area contributed by atoms with Gasteiger partial charge in [-0.3, -0.25) is 0 Å². The van der Waals surface area contributed by atoms with Crippen molar-refractivity contribution in [2.45, 2.75) is 18.3 Å². The van der Waals surface area contributed by atoms with Gasteiger partial charge in [0.25, 0.3) is 0 Å². The van der Waals surface area contributed by atoms with Crippen LogP contribution in [-0.2, 0) is 11.8 Å². The Morgan fingerprint density at radius 1 is 0.583 bits per heavy atom. The average Bonchev–Trinajstić information content (AvgIpc) is 3.25. The van der Waals surface area contributed by atoms with Crippen molar-refractivity contribution in [3.8, 4) is 11.1 Å². The number of fused-ring (bicyclic) bond motifs is 4. The van der Waals surface area contributed by atoms with Gasteiger partial charge in [-0.15, -0.1) is 0 Å². The number of benzene rings is 5. The Morgan fingerprint density at radius 2 is 1.28 bits per heavy atom. The van der Waals surface area contributed by atoms with E-state index in [0.717, 1.165) is 18.5 Å². The monoisotopic (exact) mass is 461 g/mol. The number of hydrogen-bond acceptors (Lipinski definition) is 1. The lowest BCUT2D eigenvalue weighted by atomic mass is 9.67. The normalized spacial score (nSPS) is 14.6. The van der Waals surface area contributed by atoms with Crippen LogP contribution in [0.5, 0.6) is 0 Å². The van der Waals surface area contributed by atoms with Crippen molar-refractivity contribution in [2.24, 2.45) is 0 Å². The zero-order valence-corrected chi connectivity index (χ0v) is 20.1. The molecule has 36 heavy (non-hydrogen) atoms. The number of hydrogen-bond donors (Lipinski definition) is 1. The van der Waals surface area contributed by atoms with Crippen molar-refractivity contribution in [3.63, 3.8) is 0 Å². The zero-order chi connectivity index (χ0) is 24.0. The van der Waals surface area contributed by atoms with Crippen LogP contribution in [-0.4, -0.2) is 0 Å². The summed E-state index contributed by atoms with van der Waals surface area (Å²) in [5.74, 6) is 0. The minimum atomic E-state index is -0.373. The second kappa shape index (κ2) is 8.39. The molecule has 0 atom stereocenters. The van der Waals surface area contributed by atoms with Crippen molar-refractivity contribution in [2.75, 3.05) is 5.32 Å². The van der Waals surface area contributed by atoms with Gasteiger partial charge in [0.05, 0.1) is 5.41 Å². The standard InChI is InChI=1S/C35H27N/c1-3-14-26(15-4-1)35(27-16-5-2-6-17-27)32-20-10-9-19-30(32)31-23-22-28(24-33(31)35)36-34-21-11-13-25-12-7-8-18-29(25)34/h1-6,8-11,13-24,36H,7,12H2. The SMILES string of the molecule is C1=Cc2c(cccc2Nc2ccc3c(c2)C(c2ccccc2)(c2ccccc2)c2ccccc2-3)CC1. The van der Waals surface area contributed by atoms with Crippen molar-refractivity contribution >= 4 is 17.5 Å². The molecule has 0 bridgehead atoms. The molecule has 5 aromatic carbocycles. The molecule has 1 heteroatoms. The van der Waals surface area contributed by atoms with Crippen LogP contribution in [0.25, 0.3) is 17.2 Å². The van der Waals surface area contributed by atoms with E-state index in [1.807, 2.05) is 0 Å². The molecule has 0 heterocycles. The molecule has 0 fully saturated rings. The Hall–Kier alpha value is -4.36. The van der Waals surface area contributed by atoms with Crippen LogP contribution in [0.3, 0.4) is 0 Å². The Kier molecular flexibility index (Phi) is 4.89. The molecule has 1 nitrogen and oxygen atoms in total. The number of rotatable bonds is 4. The fourth-order valence-corrected chi connectivity index (χ4v) is 6.25. The maximum absolute atomic E-state index is 3.78. The number of aryl methyl sites for hydroxylation is 1. The average molecular weight is 462 g/mol.